The summed E-state index contributed by atoms with van der Waals surface area (Å²) in [7, 11) is 4.25. The molecule has 0 aliphatic rings. The first-order valence-electron chi connectivity index (χ1n) is 0.289. The second-order valence-electron chi connectivity index (χ2n) is 0. The third kappa shape index (κ3) is 8.82. The molecule has 0 nitrogen and oxygen atoms in total. The summed E-state index contributed by atoms with van der Waals surface area (Å²) < 4.78 is 0. The molecule has 0 N–H and O–H groups in total. The van der Waals surface area contributed by atoms with Crippen LogP contribution in [0.4, 0.5) is 0 Å². The standard InChI is InChI=1S/Cd.Hg.S.H2Se/h;;;1H2. The van der Waals surface area contributed by atoms with Crippen molar-refractivity contribution in [1.29, 1.82) is 0 Å². The van der Waals surface area contributed by atoms with Crippen LogP contribution in [0, 0.1) is 0 Å². The van der Waals surface area contributed by atoms with Gasteiger partial charge in [0, 0.05) is 27.7 Å². The fourth-order valence-corrected chi connectivity index (χ4v) is 0. The van der Waals surface area contributed by atoms with Gasteiger partial charge < -0.3 is 0 Å². The summed E-state index contributed by atoms with van der Waals surface area (Å²) in [6.45, 7) is 0. The predicted molar refractivity (Wildman–Crippen MR) is 16.1 cm³/mol. The molecule has 4 heteroatoms. The minimum absolute atomic E-state index is 0. The molecule has 0 unspecified atom stereocenters. The van der Waals surface area contributed by atoms with E-state index >= 15 is 0 Å². The van der Waals surface area contributed by atoms with Crippen molar-refractivity contribution in [2.45, 2.75) is 0 Å². The molecule has 0 radical (unpaired) electrons. The summed E-state index contributed by atoms with van der Waals surface area (Å²) in [5.74, 6) is 0. The van der Waals surface area contributed by atoms with Crippen LogP contribution in [-0.4, -0.2) is 17.1 Å². The molecule has 18 valence electrons. The molecular weight excluding hydrogens is 424 g/mol. The molecule has 0 heterocycles. The van der Waals surface area contributed by atoms with Crippen LogP contribution in [0.15, 0.2) is 0 Å². The third-order valence-corrected chi connectivity index (χ3v) is 0. The average molecular weight is 426 g/mol. The van der Waals surface area contributed by atoms with Crippen molar-refractivity contribution < 1.29 is 51.4 Å². The molecule has 0 amide bonds. The van der Waals surface area contributed by atoms with Gasteiger partial charge in [0.25, 0.3) is 0 Å². The average Bonchev–Trinajstić information content (AvgIpc) is 1.00. The van der Waals surface area contributed by atoms with Crippen LogP contribution in [-0.2, 0) is 51.4 Å². The molecule has 0 aromatic carbocycles. The van der Waals surface area contributed by atoms with Crippen LogP contribution in [0.3, 0.4) is 0 Å². The van der Waals surface area contributed by atoms with Gasteiger partial charge in [0.15, 0.2) is 0 Å². The van der Waals surface area contributed by atoms with E-state index in [9.17, 15) is 0 Å². The van der Waals surface area contributed by atoms with Crippen LogP contribution in [0.2, 0.25) is 0 Å². The van der Waals surface area contributed by atoms with Crippen LogP contribution in [0.5, 0.6) is 0 Å². The first-order chi connectivity index (χ1) is 1.00. The second-order valence-corrected chi connectivity index (χ2v) is 0. The Labute approximate surface area is 75.6 Å². The molecular formula is H2CdHgSSe. The molecule has 0 aliphatic carbocycles. The van der Waals surface area contributed by atoms with Crippen molar-refractivity contribution in [3.63, 3.8) is 0 Å². The van der Waals surface area contributed by atoms with E-state index in [1.165, 1.54) is 0 Å². The Morgan fingerprint density at radius 3 is 1.25 bits per heavy atom. The predicted octanol–water partition coefficient (Wildman–Crippen LogP) is -0.273. The molecule has 0 spiro atoms. The fourth-order valence-electron chi connectivity index (χ4n) is 0. The van der Waals surface area contributed by atoms with Crippen molar-refractivity contribution in [3.8, 4) is 0 Å². The first-order valence-corrected chi connectivity index (χ1v) is 5.81. The van der Waals surface area contributed by atoms with Crippen molar-refractivity contribution in [2.24, 2.45) is 0 Å². The van der Waals surface area contributed by atoms with Crippen LogP contribution in [0.25, 0.3) is 0 Å². The summed E-state index contributed by atoms with van der Waals surface area (Å²) in [5, 5.41) is 0. The Morgan fingerprint density at radius 2 is 1.25 bits per heavy atom. The molecule has 0 aromatic rings. The monoisotopic (exact) mass is 430 g/mol. The third-order valence-electron chi connectivity index (χ3n) is 0. The molecule has 0 fully saturated rings. The van der Waals surface area contributed by atoms with E-state index < -0.39 is 0 Å². The van der Waals surface area contributed by atoms with Gasteiger partial charge >= 0.3 is 49.4 Å². The Balaban J connectivity index is -0.00000000500. The maximum absolute atomic E-state index is 4.25. The molecule has 0 atom stereocenters. The minimum atomic E-state index is 0. The second kappa shape index (κ2) is 17.5. The van der Waals surface area contributed by atoms with Gasteiger partial charge in [-0.2, -0.15) is 0 Å². The maximum atomic E-state index is 4.25. The van der Waals surface area contributed by atoms with Crippen LogP contribution < -0.4 is 0 Å². The molecule has 4 heavy (non-hydrogen) atoms. The van der Waals surface area contributed by atoms with E-state index in [2.05, 4.69) is 8.65 Å². The van der Waals surface area contributed by atoms with Gasteiger partial charge in [-0.3, -0.25) is 0 Å². The Kier molecular flexibility index (Phi) is 70.0. The van der Waals surface area contributed by atoms with Gasteiger partial charge in [-0.1, -0.05) is 0 Å². The fraction of sp³-hybridized carbons (Fsp3) is 0. The van der Waals surface area contributed by atoms with Crippen molar-refractivity contribution >= 4 is 25.7 Å². The topological polar surface area (TPSA) is 0 Å². The van der Waals surface area contributed by atoms with E-state index in [4.69, 9.17) is 0 Å². The van der Waals surface area contributed by atoms with Gasteiger partial charge in [-0.05, 0) is 0 Å². The summed E-state index contributed by atoms with van der Waals surface area (Å²) in [5.41, 5.74) is 0. The summed E-state index contributed by atoms with van der Waals surface area (Å²) >= 11 is 0.733. The van der Waals surface area contributed by atoms with E-state index in [0.29, 0.717) is 0 Å². The zero-order valence-corrected chi connectivity index (χ0v) is 14.8. The van der Waals surface area contributed by atoms with Crippen molar-refractivity contribution in [1.82, 2.24) is 0 Å². The van der Waals surface area contributed by atoms with E-state index in [1.807, 2.05) is 0 Å². The van der Waals surface area contributed by atoms with Gasteiger partial charge in [0.1, 0.15) is 0 Å². The van der Waals surface area contributed by atoms with Crippen LogP contribution >= 0.6 is 8.65 Å². The molecule has 0 bridgehead atoms. The summed E-state index contributed by atoms with van der Waals surface area (Å²) in [4.78, 5) is 0. The Hall–Kier alpha value is 2.60. The molecule has 0 saturated carbocycles. The van der Waals surface area contributed by atoms with Gasteiger partial charge in [0.2, 0.25) is 0 Å². The zero-order valence-electron chi connectivity index (χ0n) is 2.32. The van der Waals surface area contributed by atoms with Crippen LogP contribution in [0.1, 0.15) is 0 Å². The molecule has 0 rings (SSSR count). The summed E-state index contributed by atoms with van der Waals surface area (Å²) in [6.07, 6.45) is 0. The number of hydrogen-bond donors (Lipinski definition) is 0. The van der Waals surface area contributed by atoms with Crippen molar-refractivity contribution in [2.75, 3.05) is 0 Å². The van der Waals surface area contributed by atoms with Crippen molar-refractivity contribution in [3.05, 3.63) is 0 Å². The van der Waals surface area contributed by atoms with Gasteiger partial charge in [-0.15, -0.1) is 0 Å². The van der Waals surface area contributed by atoms with Gasteiger partial charge in [0.05, 0.1) is 0 Å². The molecule has 0 saturated heterocycles. The Morgan fingerprint density at radius 1 is 1.25 bits per heavy atom. The Bertz CT molecular complexity index is 8.00. The quantitative estimate of drug-likeness (QED) is 0.481. The first kappa shape index (κ1) is 16.0. The summed E-state index contributed by atoms with van der Waals surface area (Å²) in [6, 6.07) is 0. The normalized spacial score (nSPS) is 1.50. The number of hydrogen-bond acceptors (Lipinski definition) is 1. The molecule has 0 aliphatic heterocycles. The van der Waals surface area contributed by atoms with E-state index in [0.717, 1.165) is 23.7 Å². The van der Waals surface area contributed by atoms with E-state index in [1.54, 1.807) is 0 Å². The zero-order chi connectivity index (χ0) is 2.00. The van der Waals surface area contributed by atoms with E-state index in [-0.39, 0.29) is 44.7 Å². The SMILES string of the molecule is [Hg].[S]=[Cd].[SeH2]. The number of rotatable bonds is 0. The molecule has 0 aromatic heterocycles. The van der Waals surface area contributed by atoms with Gasteiger partial charge in [-0.25, -0.2) is 0 Å².